The highest BCUT2D eigenvalue weighted by molar-refractivity contribution is 5.80. The molecule has 6 nitrogen and oxygen atoms in total. The molecule has 1 fully saturated rings. The highest BCUT2D eigenvalue weighted by Gasteiger charge is 2.21. The number of rotatable bonds is 7. The minimum Gasteiger partial charge on any atom is -0.493 e. The Balaban J connectivity index is 1.76. The molecule has 2 N–H and O–H groups in total. The third kappa shape index (κ3) is 6.09. The lowest BCUT2D eigenvalue weighted by Crippen LogP contribution is -2.50. The van der Waals surface area contributed by atoms with Crippen LogP contribution in [0.1, 0.15) is 33.6 Å². The number of ether oxygens (including phenoxy) is 2. The van der Waals surface area contributed by atoms with Crippen molar-refractivity contribution in [3.05, 3.63) is 24.3 Å². The van der Waals surface area contributed by atoms with Crippen molar-refractivity contribution >= 4 is 5.96 Å². The molecule has 0 spiro atoms. The second-order valence-electron chi connectivity index (χ2n) is 7.08. The number of para-hydroxylation sites is 2. The molecule has 1 aromatic rings. The van der Waals surface area contributed by atoms with Gasteiger partial charge in [0.25, 0.3) is 0 Å². The van der Waals surface area contributed by atoms with Crippen LogP contribution in [-0.2, 0) is 0 Å². The van der Waals surface area contributed by atoms with Gasteiger partial charge in [0.05, 0.1) is 13.7 Å². The van der Waals surface area contributed by atoms with Crippen molar-refractivity contribution in [2.24, 2.45) is 4.99 Å². The summed E-state index contributed by atoms with van der Waals surface area (Å²) in [6.07, 6.45) is 2.28. The molecule has 0 aromatic heterocycles. The van der Waals surface area contributed by atoms with Gasteiger partial charge in [-0.1, -0.05) is 12.1 Å². The Kier molecular flexibility index (Phi) is 8.04. The fourth-order valence-corrected chi connectivity index (χ4v) is 3.16. The van der Waals surface area contributed by atoms with Crippen molar-refractivity contribution in [2.75, 3.05) is 33.8 Å². The van der Waals surface area contributed by atoms with E-state index < -0.39 is 0 Å². The number of methoxy groups -OCH3 is 1. The fraction of sp³-hybridized carbons (Fsp3) is 0.650. The molecule has 0 amide bonds. The number of nitrogens with zero attached hydrogens (tertiary/aromatic N) is 2. The van der Waals surface area contributed by atoms with E-state index >= 15 is 0 Å². The summed E-state index contributed by atoms with van der Waals surface area (Å²) in [7, 11) is 3.46. The second kappa shape index (κ2) is 10.3. The van der Waals surface area contributed by atoms with Gasteiger partial charge < -0.3 is 25.0 Å². The van der Waals surface area contributed by atoms with Crippen LogP contribution < -0.4 is 20.1 Å². The molecule has 26 heavy (non-hydrogen) atoms. The zero-order valence-corrected chi connectivity index (χ0v) is 16.8. The minimum absolute atomic E-state index is 0.00682. The smallest absolute Gasteiger partial charge is 0.191 e. The molecule has 1 heterocycles. The third-order valence-corrected chi connectivity index (χ3v) is 4.78. The SMILES string of the molecule is CN=C(NCC(C)Oc1ccccc1OC)NC1CCN(C(C)C)CC1. The molecule has 6 heteroatoms. The lowest BCUT2D eigenvalue weighted by Gasteiger charge is -2.35. The normalized spacial score (nSPS) is 17.8. The zero-order chi connectivity index (χ0) is 18.9. The average molecular weight is 363 g/mol. The van der Waals surface area contributed by atoms with Gasteiger partial charge >= 0.3 is 0 Å². The second-order valence-corrected chi connectivity index (χ2v) is 7.08. The standard InChI is InChI=1S/C20H34N4O2/c1-15(2)24-12-10-17(11-13-24)23-20(21-4)22-14-16(3)26-19-9-7-6-8-18(19)25-5/h6-9,15-17H,10-14H2,1-5H3,(H2,21,22,23). The van der Waals surface area contributed by atoms with E-state index in [9.17, 15) is 0 Å². The predicted octanol–water partition coefficient (Wildman–Crippen LogP) is 2.50. The van der Waals surface area contributed by atoms with Crippen LogP contribution in [0.4, 0.5) is 0 Å². The van der Waals surface area contributed by atoms with Crippen molar-refractivity contribution in [3.63, 3.8) is 0 Å². The monoisotopic (exact) mass is 362 g/mol. The number of likely N-dealkylation sites (tertiary alicyclic amines) is 1. The summed E-state index contributed by atoms with van der Waals surface area (Å²) in [4.78, 5) is 6.87. The summed E-state index contributed by atoms with van der Waals surface area (Å²) < 4.78 is 11.3. The van der Waals surface area contributed by atoms with E-state index in [2.05, 4.69) is 34.4 Å². The molecule has 0 bridgehead atoms. The number of hydrogen-bond donors (Lipinski definition) is 2. The van der Waals surface area contributed by atoms with Gasteiger partial charge in [-0.3, -0.25) is 4.99 Å². The summed E-state index contributed by atoms with van der Waals surface area (Å²) in [6.45, 7) is 9.50. The van der Waals surface area contributed by atoms with Gasteiger partial charge in [0.15, 0.2) is 17.5 Å². The number of guanidine groups is 1. The Morgan fingerprint density at radius 3 is 2.42 bits per heavy atom. The lowest BCUT2D eigenvalue weighted by atomic mass is 10.0. The van der Waals surface area contributed by atoms with Crippen LogP contribution in [0.15, 0.2) is 29.3 Å². The van der Waals surface area contributed by atoms with Crippen molar-refractivity contribution in [1.29, 1.82) is 0 Å². The molecule has 1 aliphatic heterocycles. The number of aliphatic imine (C=N–C) groups is 1. The molecule has 0 saturated carbocycles. The number of benzene rings is 1. The van der Waals surface area contributed by atoms with Gasteiger partial charge in [-0.05, 0) is 45.7 Å². The highest BCUT2D eigenvalue weighted by atomic mass is 16.5. The Labute approximate surface area is 158 Å². The lowest BCUT2D eigenvalue weighted by molar-refractivity contribution is 0.167. The summed E-state index contributed by atoms with van der Waals surface area (Å²) in [5, 5.41) is 6.91. The first kappa shape index (κ1) is 20.4. The Hall–Kier alpha value is -1.95. The van der Waals surface area contributed by atoms with Crippen LogP contribution in [0, 0.1) is 0 Å². The van der Waals surface area contributed by atoms with Crippen molar-refractivity contribution in [2.45, 2.75) is 51.8 Å². The first-order valence-electron chi connectivity index (χ1n) is 9.54. The minimum atomic E-state index is -0.00682. The van der Waals surface area contributed by atoms with Gasteiger partial charge in [0.2, 0.25) is 0 Å². The summed E-state index contributed by atoms with van der Waals surface area (Å²) >= 11 is 0. The molecule has 0 aliphatic carbocycles. The molecule has 2 rings (SSSR count). The van der Waals surface area contributed by atoms with Crippen LogP contribution in [-0.4, -0.2) is 62.8 Å². The van der Waals surface area contributed by atoms with Gasteiger partial charge in [0.1, 0.15) is 6.10 Å². The summed E-state index contributed by atoms with van der Waals surface area (Å²) in [6, 6.07) is 8.81. The quantitative estimate of drug-likeness (QED) is 0.577. The van der Waals surface area contributed by atoms with E-state index in [1.165, 1.54) is 0 Å². The number of hydrogen-bond acceptors (Lipinski definition) is 4. The van der Waals surface area contributed by atoms with Crippen LogP contribution in [0.2, 0.25) is 0 Å². The van der Waals surface area contributed by atoms with Crippen molar-refractivity contribution in [1.82, 2.24) is 15.5 Å². The van der Waals surface area contributed by atoms with E-state index in [1.54, 1.807) is 7.11 Å². The van der Waals surface area contributed by atoms with E-state index in [-0.39, 0.29) is 6.10 Å². The molecule has 1 aliphatic rings. The molecule has 1 atom stereocenters. The third-order valence-electron chi connectivity index (χ3n) is 4.78. The van der Waals surface area contributed by atoms with E-state index in [0.717, 1.165) is 43.4 Å². The molecule has 1 saturated heterocycles. The molecule has 0 radical (unpaired) electrons. The van der Waals surface area contributed by atoms with E-state index in [0.29, 0.717) is 18.6 Å². The van der Waals surface area contributed by atoms with Crippen molar-refractivity contribution in [3.8, 4) is 11.5 Å². The average Bonchev–Trinajstić information content (AvgIpc) is 2.65. The predicted molar refractivity (Wildman–Crippen MR) is 107 cm³/mol. The molecular weight excluding hydrogens is 328 g/mol. The first-order valence-corrected chi connectivity index (χ1v) is 9.54. The Bertz CT molecular complexity index is 569. The Morgan fingerprint density at radius 2 is 1.85 bits per heavy atom. The number of piperidine rings is 1. The van der Waals surface area contributed by atoms with Gasteiger partial charge in [-0.15, -0.1) is 0 Å². The summed E-state index contributed by atoms with van der Waals surface area (Å²) in [5.41, 5.74) is 0. The van der Waals surface area contributed by atoms with Gasteiger partial charge in [-0.2, -0.15) is 0 Å². The highest BCUT2D eigenvalue weighted by Crippen LogP contribution is 2.26. The van der Waals surface area contributed by atoms with E-state index in [1.807, 2.05) is 38.2 Å². The van der Waals surface area contributed by atoms with Crippen LogP contribution in [0.5, 0.6) is 11.5 Å². The topological polar surface area (TPSA) is 58.1 Å². The van der Waals surface area contributed by atoms with Gasteiger partial charge in [-0.25, -0.2) is 0 Å². The summed E-state index contributed by atoms with van der Waals surface area (Å²) in [5.74, 6) is 2.34. The molecule has 146 valence electrons. The van der Waals surface area contributed by atoms with Crippen LogP contribution in [0.3, 0.4) is 0 Å². The van der Waals surface area contributed by atoms with E-state index in [4.69, 9.17) is 9.47 Å². The fourth-order valence-electron chi connectivity index (χ4n) is 3.16. The Morgan fingerprint density at radius 1 is 1.19 bits per heavy atom. The first-order chi connectivity index (χ1) is 12.5. The maximum Gasteiger partial charge on any atom is 0.191 e. The molecular formula is C20H34N4O2. The maximum absolute atomic E-state index is 5.98. The maximum atomic E-state index is 5.98. The van der Waals surface area contributed by atoms with Crippen LogP contribution in [0.25, 0.3) is 0 Å². The largest absolute Gasteiger partial charge is 0.493 e. The molecule has 1 unspecified atom stereocenters. The van der Waals surface area contributed by atoms with Crippen LogP contribution >= 0.6 is 0 Å². The van der Waals surface area contributed by atoms with Gasteiger partial charge in [0, 0.05) is 32.2 Å². The van der Waals surface area contributed by atoms with Crippen molar-refractivity contribution < 1.29 is 9.47 Å². The number of nitrogens with one attached hydrogen (secondary N) is 2. The molecule has 1 aromatic carbocycles. The zero-order valence-electron chi connectivity index (χ0n) is 16.8.